The van der Waals surface area contributed by atoms with Gasteiger partial charge < -0.3 is 19.3 Å². The zero-order valence-corrected chi connectivity index (χ0v) is 12.7. The zero-order chi connectivity index (χ0) is 14.9. The van der Waals surface area contributed by atoms with E-state index < -0.39 is 0 Å². The van der Waals surface area contributed by atoms with Gasteiger partial charge in [0.15, 0.2) is 11.5 Å². The molecule has 114 valence electrons. The lowest BCUT2D eigenvalue weighted by Gasteiger charge is -2.36. The number of rotatable bonds is 2. The van der Waals surface area contributed by atoms with Crippen molar-refractivity contribution in [2.75, 3.05) is 42.8 Å². The van der Waals surface area contributed by atoms with Crippen LogP contribution in [-0.4, -0.2) is 42.9 Å². The van der Waals surface area contributed by atoms with Crippen LogP contribution in [0.1, 0.15) is 0 Å². The molecule has 1 saturated heterocycles. The second kappa shape index (κ2) is 5.53. The van der Waals surface area contributed by atoms with Gasteiger partial charge in [0, 0.05) is 44.0 Å². The van der Waals surface area contributed by atoms with Crippen LogP contribution in [0.5, 0.6) is 11.5 Å². The van der Waals surface area contributed by atoms with E-state index in [0.29, 0.717) is 11.9 Å². The van der Waals surface area contributed by atoms with E-state index in [0.717, 1.165) is 49.2 Å². The molecule has 7 heteroatoms. The molecule has 0 bridgehead atoms. The Morgan fingerprint density at radius 1 is 0.909 bits per heavy atom. The fraction of sp³-hybridized carbons (Fsp3) is 0.333. The van der Waals surface area contributed by atoms with E-state index in [2.05, 4.69) is 25.8 Å². The summed E-state index contributed by atoms with van der Waals surface area (Å²) in [6, 6.07) is 7.89. The highest BCUT2D eigenvalue weighted by molar-refractivity contribution is 6.29. The van der Waals surface area contributed by atoms with Crippen LogP contribution in [0, 0.1) is 0 Å². The highest BCUT2D eigenvalue weighted by Crippen LogP contribution is 2.35. The van der Waals surface area contributed by atoms with Gasteiger partial charge in [-0.05, 0) is 12.1 Å². The van der Waals surface area contributed by atoms with E-state index in [1.54, 1.807) is 6.07 Å². The van der Waals surface area contributed by atoms with E-state index in [1.165, 1.54) is 6.33 Å². The molecule has 0 aliphatic carbocycles. The maximum Gasteiger partial charge on any atom is 0.231 e. The number of piperazine rings is 1. The molecule has 0 saturated carbocycles. The smallest absolute Gasteiger partial charge is 0.231 e. The van der Waals surface area contributed by atoms with Crippen molar-refractivity contribution in [3.05, 3.63) is 35.7 Å². The number of hydrogen-bond donors (Lipinski definition) is 0. The number of fused-ring (bicyclic) bond motifs is 1. The summed E-state index contributed by atoms with van der Waals surface area (Å²) in [6.07, 6.45) is 1.50. The summed E-state index contributed by atoms with van der Waals surface area (Å²) < 4.78 is 10.8. The predicted molar refractivity (Wildman–Crippen MR) is 84.0 cm³/mol. The van der Waals surface area contributed by atoms with Gasteiger partial charge in [0.2, 0.25) is 6.79 Å². The molecule has 2 aromatic rings. The Kier molecular flexibility index (Phi) is 3.38. The van der Waals surface area contributed by atoms with Gasteiger partial charge in [-0.15, -0.1) is 0 Å². The first-order valence-corrected chi connectivity index (χ1v) is 7.54. The van der Waals surface area contributed by atoms with E-state index in [1.807, 2.05) is 12.1 Å². The van der Waals surface area contributed by atoms with Crippen molar-refractivity contribution in [3.63, 3.8) is 0 Å². The van der Waals surface area contributed by atoms with Crippen LogP contribution in [0.15, 0.2) is 30.6 Å². The van der Waals surface area contributed by atoms with Crippen molar-refractivity contribution >= 4 is 23.1 Å². The minimum absolute atomic E-state index is 0.307. The van der Waals surface area contributed by atoms with Gasteiger partial charge >= 0.3 is 0 Å². The van der Waals surface area contributed by atoms with Crippen LogP contribution in [-0.2, 0) is 0 Å². The molecule has 2 aliphatic rings. The van der Waals surface area contributed by atoms with Crippen molar-refractivity contribution < 1.29 is 9.47 Å². The van der Waals surface area contributed by atoms with Crippen molar-refractivity contribution in [2.24, 2.45) is 0 Å². The highest BCUT2D eigenvalue weighted by atomic mass is 35.5. The molecule has 0 radical (unpaired) electrons. The number of benzene rings is 1. The topological polar surface area (TPSA) is 50.7 Å². The van der Waals surface area contributed by atoms with Gasteiger partial charge in [-0.3, -0.25) is 0 Å². The molecule has 1 fully saturated rings. The average Bonchev–Trinajstić information content (AvgIpc) is 3.02. The van der Waals surface area contributed by atoms with E-state index in [9.17, 15) is 0 Å². The second-order valence-electron chi connectivity index (χ2n) is 5.21. The molecule has 1 aromatic carbocycles. The molecule has 0 atom stereocenters. The molecule has 4 rings (SSSR count). The summed E-state index contributed by atoms with van der Waals surface area (Å²) in [6.45, 7) is 3.92. The Bertz CT molecular complexity index is 689. The Hall–Kier alpha value is -2.21. The normalized spacial score (nSPS) is 17.0. The fourth-order valence-corrected chi connectivity index (χ4v) is 2.91. The summed E-state index contributed by atoms with van der Waals surface area (Å²) in [7, 11) is 0. The van der Waals surface area contributed by atoms with Crippen LogP contribution in [0.25, 0.3) is 0 Å². The van der Waals surface area contributed by atoms with Crippen LogP contribution in [0.4, 0.5) is 11.5 Å². The molecule has 22 heavy (non-hydrogen) atoms. The lowest BCUT2D eigenvalue weighted by atomic mass is 10.2. The predicted octanol–water partition coefficient (Wildman–Crippen LogP) is 2.19. The number of ether oxygens (including phenoxy) is 2. The summed E-state index contributed by atoms with van der Waals surface area (Å²) in [5, 5.41) is 0.475. The summed E-state index contributed by atoms with van der Waals surface area (Å²) in [4.78, 5) is 12.8. The van der Waals surface area contributed by atoms with Gasteiger partial charge in [-0.2, -0.15) is 0 Å². The molecule has 1 aromatic heterocycles. The molecular weight excluding hydrogens is 304 g/mol. The fourth-order valence-electron chi connectivity index (χ4n) is 2.77. The van der Waals surface area contributed by atoms with E-state index >= 15 is 0 Å². The third kappa shape index (κ3) is 2.50. The van der Waals surface area contributed by atoms with Crippen LogP contribution >= 0.6 is 11.6 Å². The maximum absolute atomic E-state index is 5.93. The lowest BCUT2D eigenvalue weighted by Crippen LogP contribution is -2.46. The molecule has 0 amide bonds. The lowest BCUT2D eigenvalue weighted by molar-refractivity contribution is 0.174. The summed E-state index contributed by atoms with van der Waals surface area (Å²) in [5.41, 5.74) is 1.16. The quantitative estimate of drug-likeness (QED) is 0.791. The van der Waals surface area contributed by atoms with Gasteiger partial charge in [0.1, 0.15) is 17.3 Å². The largest absolute Gasteiger partial charge is 0.454 e. The third-order valence-corrected chi connectivity index (χ3v) is 4.15. The van der Waals surface area contributed by atoms with Crippen LogP contribution < -0.4 is 19.3 Å². The van der Waals surface area contributed by atoms with Crippen molar-refractivity contribution in [1.82, 2.24) is 9.97 Å². The standard InChI is InChI=1S/C15H15ClN4O2/c16-14-8-15(18-9-17-14)20-5-3-19(4-6-20)11-1-2-12-13(7-11)22-10-21-12/h1-2,7-9H,3-6,10H2. The Balaban J connectivity index is 1.45. The van der Waals surface area contributed by atoms with Crippen molar-refractivity contribution in [1.29, 1.82) is 0 Å². The molecule has 0 N–H and O–H groups in total. The van der Waals surface area contributed by atoms with Gasteiger partial charge in [-0.25, -0.2) is 9.97 Å². The minimum Gasteiger partial charge on any atom is -0.454 e. The molecule has 0 spiro atoms. The zero-order valence-electron chi connectivity index (χ0n) is 11.9. The molecule has 0 unspecified atom stereocenters. The maximum atomic E-state index is 5.93. The minimum atomic E-state index is 0.307. The number of anilines is 2. The van der Waals surface area contributed by atoms with Crippen molar-refractivity contribution in [3.8, 4) is 11.5 Å². The first-order chi connectivity index (χ1) is 10.8. The molecule has 2 aliphatic heterocycles. The molecular formula is C15H15ClN4O2. The first-order valence-electron chi connectivity index (χ1n) is 7.17. The van der Waals surface area contributed by atoms with E-state index in [4.69, 9.17) is 21.1 Å². The van der Waals surface area contributed by atoms with Crippen LogP contribution in [0.3, 0.4) is 0 Å². The number of hydrogen-bond acceptors (Lipinski definition) is 6. The van der Waals surface area contributed by atoms with Gasteiger partial charge in [-0.1, -0.05) is 11.6 Å². The third-order valence-electron chi connectivity index (χ3n) is 3.94. The van der Waals surface area contributed by atoms with Crippen LogP contribution in [0.2, 0.25) is 5.15 Å². The monoisotopic (exact) mass is 318 g/mol. The van der Waals surface area contributed by atoms with E-state index in [-0.39, 0.29) is 0 Å². The number of halogens is 1. The van der Waals surface area contributed by atoms with Gasteiger partial charge in [0.25, 0.3) is 0 Å². The first kappa shape index (κ1) is 13.5. The Labute approximate surface area is 133 Å². The summed E-state index contributed by atoms with van der Waals surface area (Å²) in [5.74, 6) is 2.52. The molecule has 3 heterocycles. The average molecular weight is 319 g/mol. The highest BCUT2D eigenvalue weighted by Gasteiger charge is 2.21. The Morgan fingerprint density at radius 2 is 1.68 bits per heavy atom. The number of aromatic nitrogens is 2. The molecule has 6 nitrogen and oxygen atoms in total. The SMILES string of the molecule is Clc1cc(N2CCN(c3ccc4c(c3)OCO4)CC2)ncn1. The Morgan fingerprint density at radius 3 is 2.50 bits per heavy atom. The summed E-state index contributed by atoms with van der Waals surface area (Å²) >= 11 is 5.93. The van der Waals surface area contributed by atoms with Gasteiger partial charge in [0.05, 0.1) is 0 Å². The second-order valence-corrected chi connectivity index (χ2v) is 5.60. The van der Waals surface area contributed by atoms with Crippen molar-refractivity contribution in [2.45, 2.75) is 0 Å². The number of nitrogens with zero attached hydrogens (tertiary/aromatic N) is 4.